The molecule has 3 atom stereocenters. The highest BCUT2D eigenvalue weighted by atomic mass is 16.5. The predicted molar refractivity (Wildman–Crippen MR) is 140 cm³/mol. The molecule has 2 heterocycles. The zero-order valence-corrected chi connectivity index (χ0v) is 21.4. The third kappa shape index (κ3) is 4.32. The van der Waals surface area contributed by atoms with Gasteiger partial charge in [0, 0.05) is 30.4 Å². The van der Waals surface area contributed by atoms with E-state index >= 15 is 0 Å². The lowest BCUT2D eigenvalue weighted by molar-refractivity contribution is -0.143. The van der Waals surface area contributed by atoms with Crippen LogP contribution in [-0.4, -0.2) is 52.8 Å². The lowest BCUT2D eigenvalue weighted by Gasteiger charge is -2.34. The van der Waals surface area contributed by atoms with Crippen LogP contribution >= 0.6 is 0 Å². The maximum absolute atomic E-state index is 13.9. The molecule has 1 fully saturated rings. The van der Waals surface area contributed by atoms with Gasteiger partial charge in [-0.3, -0.25) is 14.5 Å². The van der Waals surface area contributed by atoms with Crippen molar-refractivity contribution in [1.82, 2.24) is 9.55 Å². The normalized spacial score (nSPS) is 21.4. The van der Waals surface area contributed by atoms with Gasteiger partial charge >= 0.3 is 12.1 Å². The first kappa shape index (κ1) is 24.8. The minimum absolute atomic E-state index is 0.0283. The number of hydrogen-bond donors (Lipinski definition) is 1. The van der Waals surface area contributed by atoms with Crippen molar-refractivity contribution >= 4 is 40.4 Å². The average molecular weight is 505 g/mol. The summed E-state index contributed by atoms with van der Waals surface area (Å²) in [5.74, 6) is -1.24. The second-order valence-corrected chi connectivity index (χ2v) is 10.0. The first-order chi connectivity index (χ1) is 17.8. The van der Waals surface area contributed by atoms with E-state index in [-0.39, 0.29) is 23.8 Å². The fourth-order valence-corrected chi connectivity index (χ4v) is 5.84. The molecule has 1 N–H and O–H groups in total. The van der Waals surface area contributed by atoms with Crippen molar-refractivity contribution in [1.29, 1.82) is 0 Å². The number of nitrogens with zero attached hydrogens (tertiary/aromatic N) is 4. The number of aromatic nitrogens is 2. The zero-order valence-electron chi connectivity index (χ0n) is 21.4. The van der Waals surface area contributed by atoms with Crippen molar-refractivity contribution in [2.45, 2.75) is 57.5 Å². The minimum Gasteiger partial charge on any atom is -0.481 e. The minimum atomic E-state index is -0.802. The Balaban J connectivity index is 1.67. The molecule has 194 valence electrons. The van der Waals surface area contributed by atoms with E-state index in [2.05, 4.69) is 0 Å². The summed E-state index contributed by atoms with van der Waals surface area (Å²) in [5, 5.41) is 9.72. The van der Waals surface area contributed by atoms with E-state index in [0.29, 0.717) is 24.8 Å². The summed E-state index contributed by atoms with van der Waals surface area (Å²) in [6, 6.07) is 13.0. The summed E-state index contributed by atoms with van der Waals surface area (Å²) in [5.41, 5.74) is 3.86. The van der Waals surface area contributed by atoms with E-state index in [1.807, 2.05) is 54.0 Å². The first-order valence-electron chi connectivity index (χ1n) is 12.8. The number of ether oxygens (including phenoxy) is 1. The maximum Gasteiger partial charge on any atom is 0.414 e. The molecule has 37 heavy (non-hydrogen) atoms. The molecular formula is C28H32N4O5. The van der Waals surface area contributed by atoms with Gasteiger partial charge in [0.1, 0.15) is 0 Å². The molecule has 2 amide bonds. The Bertz CT molecular complexity index is 1350. The highest BCUT2D eigenvalue weighted by molar-refractivity contribution is 6.06. The molecule has 5 rings (SSSR count). The Morgan fingerprint density at radius 2 is 1.84 bits per heavy atom. The highest BCUT2D eigenvalue weighted by Gasteiger charge is 2.35. The Morgan fingerprint density at radius 3 is 2.54 bits per heavy atom. The third-order valence-corrected chi connectivity index (χ3v) is 7.83. The molecule has 0 spiro atoms. The van der Waals surface area contributed by atoms with Gasteiger partial charge in [-0.05, 0) is 63.3 Å². The van der Waals surface area contributed by atoms with Crippen LogP contribution in [0.3, 0.4) is 0 Å². The van der Waals surface area contributed by atoms with Gasteiger partial charge in [-0.15, -0.1) is 0 Å². The predicted octanol–water partition coefficient (Wildman–Crippen LogP) is 5.04. The summed E-state index contributed by atoms with van der Waals surface area (Å²) in [7, 11) is 3.09. The maximum atomic E-state index is 13.9. The van der Waals surface area contributed by atoms with Crippen LogP contribution in [0.2, 0.25) is 0 Å². The number of amides is 2. The smallest absolute Gasteiger partial charge is 0.414 e. The van der Waals surface area contributed by atoms with E-state index in [4.69, 9.17) is 9.72 Å². The van der Waals surface area contributed by atoms with Gasteiger partial charge in [-0.25, -0.2) is 9.78 Å². The molecule has 0 saturated heterocycles. The van der Waals surface area contributed by atoms with Gasteiger partial charge in [-0.1, -0.05) is 24.6 Å². The van der Waals surface area contributed by atoms with E-state index in [1.54, 1.807) is 16.8 Å². The van der Waals surface area contributed by atoms with Crippen molar-refractivity contribution in [2.24, 2.45) is 5.92 Å². The van der Waals surface area contributed by atoms with Crippen LogP contribution in [0.4, 0.5) is 16.2 Å². The summed E-state index contributed by atoms with van der Waals surface area (Å²) in [4.78, 5) is 46.5. The van der Waals surface area contributed by atoms with Crippen LogP contribution in [0.5, 0.6) is 0 Å². The average Bonchev–Trinajstić information content (AvgIpc) is 3.32. The fourth-order valence-electron chi connectivity index (χ4n) is 5.84. The van der Waals surface area contributed by atoms with Crippen LogP contribution < -0.4 is 9.80 Å². The number of carbonyl (C=O) groups excluding carboxylic acids is 2. The molecule has 0 unspecified atom stereocenters. The number of methoxy groups -OCH3 is 1. The second kappa shape index (κ2) is 9.88. The molecule has 1 aliphatic heterocycles. The number of fused-ring (bicyclic) bond motifs is 3. The molecule has 1 saturated carbocycles. The number of aryl methyl sites for hydroxylation is 1. The highest BCUT2D eigenvalue weighted by Crippen LogP contribution is 2.40. The Labute approximate surface area is 215 Å². The van der Waals surface area contributed by atoms with E-state index in [9.17, 15) is 19.5 Å². The van der Waals surface area contributed by atoms with Crippen LogP contribution in [0, 0.1) is 5.92 Å². The first-order valence-corrected chi connectivity index (χ1v) is 12.8. The van der Waals surface area contributed by atoms with Gasteiger partial charge in [0.25, 0.3) is 5.91 Å². The lowest BCUT2D eigenvalue weighted by Crippen LogP contribution is -2.42. The molecule has 2 aromatic carbocycles. The van der Waals surface area contributed by atoms with Gasteiger partial charge in [0.2, 0.25) is 5.82 Å². The van der Waals surface area contributed by atoms with Crippen LogP contribution in [0.15, 0.2) is 42.5 Å². The summed E-state index contributed by atoms with van der Waals surface area (Å²) in [6.45, 7) is 1.99. The number of hydrogen-bond acceptors (Lipinski definition) is 5. The zero-order chi connectivity index (χ0) is 26.3. The third-order valence-electron chi connectivity index (χ3n) is 7.83. The number of aliphatic carboxylic acids is 1. The topological polar surface area (TPSA) is 105 Å². The summed E-state index contributed by atoms with van der Waals surface area (Å²) >= 11 is 0. The number of benzene rings is 2. The Morgan fingerprint density at radius 1 is 1.08 bits per heavy atom. The molecule has 1 aromatic heterocycles. The molecule has 0 bridgehead atoms. The number of rotatable bonds is 4. The number of imidazole rings is 1. The number of carboxylic acid groups (broad SMARTS) is 1. The second-order valence-electron chi connectivity index (χ2n) is 10.0. The number of carbonyl (C=O) groups is 3. The van der Waals surface area contributed by atoms with Crippen LogP contribution in [0.25, 0.3) is 11.0 Å². The van der Waals surface area contributed by atoms with Crippen molar-refractivity contribution in [3.05, 3.63) is 53.9 Å². The van der Waals surface area contributed by atoms with Gasteiger partial charge < -0.3 is 19.3 Å². The van der Waals surface area contributed by atoms with Gasteiger partial charge in [-0.2, -0.15) is 0 Å². The van der Waals surface area contributed by atoms with Crippen molar-refractivity contribution in [2.75, 3.05) is 24.0 Å². The summed E-state index contributed by atoms with van der Waals surface area (Å²) < 4.78 is 7.00. The van der Waals surface area contributed by atoms with E-state index in [1.165, 1.54) is 7.11 Å². The molecule has 9 heteroatoms. The molecule has 9 nitrogen and oxygen atoms in total. The summed E-state index contributed by atoms with van der Waals surface area (Å²) in [6.07, 6.45) is 3.64. The van der Waals surface area contributed by atoms with Gasteiger partial charge in [0.05, 0.1) is 29.7 Å². The Hall–Kier alpha value is -3.88. The lowest BCUT2D eigenvalue weighted by atomic mass is 9.85. The standard InChI is InChI=1S/C28H32N4O5/c1-17-12-13-21-22(31(17)28(36)37-3)14-15-23-24(21)29-25(26(33)30(2)19-9-5-4-6-10-19)32(23)20-11-7-8-18(16-20)27(34)35/h4-6,9-10,14-15,17-18,20H,7-8,11-13,16H2,1-3H3,(H,34,35)/t17-,18+,20+/m0/s1. The van der Waals surface area contributed by atoms with Crippen molar-refractivity contribution in [3.8, 4) is 0 Å². The van der Waals surface area contributed by atoms with Crippen LogP contribution in [-0.2, 0) is 16.0 Å². The quantitative estimate of drug-likeness (QED) is 0.534. The molecule has 0 radical (unpaired) electrons. The molecule has 3 aromatic rings. The van der Waals surface area contributed by atoms with Crippen molar-refractivity contribution in [3.63, 3.8) is 0 Å². The number of para-hydroxylation sites is 1. The van der Waals surface area contributed by atoms with Crippen molar-refractivity contribution < 1.29 is 24.2 Å². The molecule has 1 aliphatic carbocycles. The molecular weight excluding hydrogens is 472 g/mol. The Kier molecular flexibility index (Phi) is 6.62. The fraction of sp³-hybridized carbons (Fsp3) is 0.429. The SMILES string of the molecule is COC(=O)N1c2ccc3c(nc(C(=O)N(C)c4ccccc4)n3[C@@H]3CCC[C@@H](C(=O)O)C3)c2CC[C@@H]1C. The molecule has 2 aliphatic rings. The number of anilines is 2. The number of carboxylic acids is 1. The van der Waals surface area contributed by atoms with Gasteiger partial charge in [0.15, 0.2) is 0 Å². The monoisotopic (exact) mass is 504 g/mol. The van der Waals surface area contributed by atoms with Crippen LogP contribution in [0.1, 0.15) is 61.3 Å². The largest absolute Gasteiger partial charge is 0.481 e. The van der Waals surface area contributed by atoms with E-state index < -0.39 is 18.0 Å². The van der Waals surface area contributed by atoms with E-state index in [0.717, 1.165) is 41.7 Å².